The number of fused-ring (bicyclic) bond motifs is 1. The lowest BCUT2D eigenvalue weighted by Gasteiger charge is -2.35. The zero-order valence-corrected chi connectivity index (χ0v) is 21.1. The highest BCUT2D eigenvalue weighted by Gasteiger charge is 2.26. The number of nitrogens with zero attached hydrogens (tertiary/aromatic N) is 4. The van der Waals surface area contributed by atoms with Gasteiger partial charge in [-0.15, -0.1) is 0 Å². The monoisotopic (exact) mass is 488 g/mol. The van der Waals surface area contributed by atoms with Gasteiger partial charge < -0.3 is 20.7 Å². The molecule has 3 N–H and O–H groups in total. The summed E-state index contributed by atoms with van der Waals surface area (Å²) in [7, 11) is 0. The predicted molar refractivity (Wildman–Crippen MR) is 143 cm³/mol. The molecule has 0 aromatic carbocycles. The van der Waals surface area contributed by atoms with E-state index in [-0.39, 0.29) is 12.0 Å². The van der Waals surface area contributed by atoms with Gasteiger partial charge in [0, 0.05) is 30.5 Å². The summed E-state index contributed by atoms with van der Waals surface area (Å²) in [6.45, 7) is 5.84. The largest absolute Gasteiger partial charge is 0.462 e. The van der Waals surface area contributed by atoms with Gasteiger partial charge in [0.25, 0.3) is 0 Å². The van der Waals surface area contributed by atoms with Crippen LogP contribution in [0, 0.1) is 5.92 Å². The molecule has 5 rings (SSSR count). The number of likely N-dealkylation sites (tertiary alicyclic amines) is 1. The fourth-order valence-corrected chi connectivity index (χ4v) is 5.54. The number of nitrogen functional groups attached to an aromatic ring is 1. The SMILES string of the molecule is CCOC(=O)c1cnc2ccc(-c3ccnc(N)c3)nc2c1NC1CCC(CN2CCCCC2)CC1. The number of rotatable bonds is 7. The molecule has 1 aliphatic carbocycles. The molecule has 1 saturated carbocycles. The van der Waals surface area contributed by atoms with Crippen LogP contribution < -0.4 is 11.1 Å². The summed E-state index contributed by atoms with van der Waals surface area (Å²) in [5, 5.41) is 3.69. The molecule has 8 heteroatoms. The number of ether oxygens (including phenoxy) is 1. The Kier molecular flexibility index (Phi) is 7.60. The van der Waals surface area contributed by atoms with Crippen molar-refractivity contribution in [1.29, 1.82) is 0 Å². The van der Waals surface area contributed by atoms with Crippen LogP contribution in [0.25, 0.3) is 22.3 Å². The molecule has 8 nitrogen and oxygen atoms in total. The highest BCUT2D eigenvalue weighted by molar-refractivity contribution is 6.04. The lowest BCUT2D eigenvalue weighted by Crippen LogP contribution is -2.37. The van der Waals surface area contributed by atoms with Crippen LogP contribution >= 0.6 is 0 Å². The number of aromatic nitrogens is 3. The lowest BCUT2D eigenvalue weighted by atomic mass is 9.85. The Morgan fingerprint density at radius 1 is 1.11 bits per heavy atom. The molecule has 0 radical (unpaired) electrons. The van der Waals surface area contributed by atoms with Crippen LogP contribution in [0.3, 0.4) is 0 Å². The topological polar surface area (TPSA) is 106 Å². The first-order chi connectivity index (χ1) is 17.6. The predicted octanol–water partition coefficient (Wildman–Crippen LogP) is 4.91. The number of pyridine rings is 3. The van der Waals surface area contributed by atoms with Gasteiger partial charge in [0.15, 0.2) is 0 Å². The smallest absolute Gasteiger partial charge is 0.341 e. The summed E-state index contributed by atoms with van der Waals surface area (Å²) in [5.74, 6) is 0.808. The van der Waals surface area contributed by atoms with Crippen LogP contribution in [-0.2, 0) is 4.74 Å². The second-order valence-corrected chi connectivity index (χ2v) is 10.0. The van der Waals surface area contributed by atoms with Gasteiger partial charge in [-0.2, -0.15) is 0 Å². The number of hydrogen-bond acceptors (Lipinski definition) is 8. The molecule has 3 aromatic rings. The Labute approximate surface area is 212 Å². The zero-order chi connectivity index (χ0) is 24.9. The Balaban J connectivity index is 1.40. The third-order valence-electron chi connectivity index (χ3n) is 7.45. The van der Waals surface area contributed by atoms with Gasteiger partial charge in [-0.1, -0.05) is 6.42 Å². The molecule has 4 heterocycles. The summed E-state index contributed by atoms with van der Waals surface area (Å²) in [4.78, 5) is 29.0. The summed E-state index contributed by atoms with van der Waals surface area (Å²) in [6, 6.07) is 7.81. The minimum absolute atomic E-state index is 0.281. The third kappa shape index (κ3) is 5.59. The zero-order valence-electron chi connectivity index (χ0n) is 21.1. The average Bonchev–Trinajstić information content (AvgIpc) is 2.90. The van der Waals surface area contributed by atoms with E-state index in [4.69, 9.17) is 15.5 Å². The van der Waals surface area contributed by atoms with Gasteiger partial charge in [-0.25, -0.2) is 14.8 Å². The summed E-state index contributed by atoms with van der Waals surface area (Å²) in [6.07, 6.45) is 11.9. The third-order valence-corrected chi connectivity index (χ3v) is 7.45. The summed E-state index contributed by atoms with van der Waals surface area (Å²) < 4.78 is 5.36. The minimum atomic E-state index is -0.381. The Hall–Kier alpha value is -3.26. The summed E-state index contributed by atoms with van der Waals surface area (Å²) in [5.41, 5.74) is 10.1. The van der Waals surface area contributed by atoms with Gasteiger partial charge >= 0.3 is 5.97 Å². The van der Waals surface area contributed by atoms with Crippen molar-refractivity contribution in [3.05, 3.63) is 42.2 Å². The molecule has 190 valence electrons. The maximum absolute atomic E-state index is 12.9. The maximum Gasteiger partial charge on any atom is 0.341 e. The van der Waals surface area contributed by atoms with Crippen LogP contribution in [0.1, 0.15) is 62.2 Å². The van der Waals surface area contributed by atoms with E-state index in [2.05, 4.69) is 20.2 Å². The maximum atomic E-state index is 12.9. The molecule has 2 aliphatic rings. The van der Waals surface area contributed by atoms with E-state index < -0.39 is 0 Å². The van der Waals surface area contributed by atoms with Gasteiger partial charge in [0.1, 0.15) is 16.9 Å². The van der Waals surface area contributed by atoms with Crippen molar-refractivity contribution in [2.24, 2.45) is 5.92 Å². The number of carbonyl (C=O) groups excluding carboxylic acids is 1. The van der Waals surface area contributed by atoms with Gasteiger partial charge in [0.05, 0.1) is 23.5 Å². The van der Waals surface area contributed by atoms with Crippen molar-refractivity contribution in [2.75, 3.05) is 37.3 Å². The highest BCUT2D eigenvalue weighted by Crippen LogP contribution is 2.33. The van der Waals surface area contributed by atoms with Crippen molar-refractivity contribution in [1.82, 2.24) is 19.9 Å². The fourth-order valence-electron chi connectivity index (χ4n) is 5.54. The molecule has 36 heavy (non-hydrogen) atoms. The molecule has 0 spiro atoms. The standard InChI is InChI=1S/C28H36N6O2/c1-2-36-28(35)22-17-31-24-11-10-23(20-12-13-30-25(29)16-20)33-27(24)26(22)32-21-8-6-19(7-9-21)18-34-14-4-3-5-15-34/h10-13,16-17,19,21H,2-9,14-15,18H2,1H3,(H2,29,30)(H,31,32). The molecule has 1 saturated heterocycles. The number of anilines is 2. The molecule has 1 aliphatic heterocycles. The second kappa shape index (κ2) is 11.2. The molecule has 0 unspecified atom stereocenters. The average molecular weight is 489 g/mol. The van der Waals surface area contributed by atoms with Gasteiger partial charge in [0.2, 0.25) is 0 Å². The van der Waals surface area contributed by atoms with Crippen molar-refractivity contribution in [3.8, 4) is 11.3 Å². The number of hydrogen-bond donors (Lipinski definition) is 2. The molecular weight excluding hydrogens is 452 g/mol. The van der Waals surface area contributed by atoms with E-state index in [0.29, 0.717) is 29.2 Å². The first-order valence-corrected chi connectivity index (χ1v) is 13.3. The molecule has 0 bridgehead atoms. The number of piperidine rings is 1. The van der Waals surface area contributed by atoms with E-state index in [1.54, 1.807) is 18.5 Å². The first-order valence-electron chi connectivity index (χ1n) is 13.3. The molecule has 2 fully saturated rings. The quantitative estimate of drug-likeness (QED) is 0.452. The van der Waals surface area contributed by atoms with Crippen molar-refractivity contribution in [2.45, 2.75) is 57.9 Å². The Bertz CT molecular complexity index is 1200. The second-order valence-electron chi connectivity index (χ2n) is 10.0. The van der Waals surface area contributed by atoms with Crippen molar-refractivity contribution < 1.29 is 9.53 Å². The molecular formula is C28H36N6O2. The number of nitrogens with one attached hydrogen (secondary N) is 1. The van der Waals surface area contributed by atoms with Crippen molar-refractivity contribution in [3.63, 3.8) is 0 Å². The minimum Gasteiger partial charge on any atom is -0.462 e. The van der Waals surface area contributed by atoms with Crippen LogP contribution in [0.15, 0.2) is 36.7 Å². The highest BCUT2D eigenvalue weighted by atomic mass is 16.5. The van der Waals surface area contributed by atoms with Crippen LogP contribution in [0.2, 0.25) is 0 Å². The molecule has 0 atom stereocenters. The number of carbonyl (C=O) groups is 1. The Morgan fingerprint density at radius 2 is 1.92 bits per heavy atom. The molecule has 0 amide bonds. The van der Waals surface area contributed by atoms with Crippen LogP contribution in [0.5, 0.6) is 0 Å². The first kappa shape index (κ1) is 24.4. The normalized spacial score (nSPS) is 20.8. The molecule has 3 aromatic heterocycles. The van der Waals surface area contributed by atoms with Gasteiger partial charge in [-0.3, -0.25) is 4.98 Å². The van der Waals surface area contributed by atoms with E-state index in [0.717, 1.165) is 35.5 Å². The van der Waals surface area contributed by atoms with Gasteiger partial charge in [-0.05, 0) is 88.7 Å². The van der Waals surface area contributed by atoms with E-state index >= 15 is 0 Å². The number of esters is 1. The Morgan fingerprint density at radius 3 is 2.67 bits per heavy atom. The summed E-state index contributed by atoms with van der Waals surface area (Å²) >= 11 is 0. The lowest BCUT2D eigenvalue weighted by molar-refractivity contribution is 0.0527. The van der Waals surface area contributed by atoms with E-state index in [1.165, 1.54) is 51.7 Å². The van der Waals surface area contributed by atoms with Crippen LogP contribution in [-0.4, -0.2) is 58.1 Å². The van der Waals surface area contributed by atoms with Crippen molar-refractivity contribution >= 4 is 28.5 Å². The van der Waals surface area contributed by atoms with Crippen LogP contribution in [0.4, 0.5) is 11.5 Å². The van der Waals surface area contributed by atoms with E-state index in [9.17, 15) is 4.79 Å². The number of nitrogens with two attached hydrogens (primary N) is 1. The fraction of sp³-hybridized carbons (Fsp3) is 0.500. The van der Waals surface area contributed by atoms with E-state index in [1.807, 2.05) is 25.1 Å².